The lowest BCUT2D eigenvalue weighted by Crippen LogP contribution is -2.17. The molecule has 0 bridgehead atoms. The zero-order valence-corrected chi connectivity index (χ0v) is 10.6. The Bertz CT molecular complexity index is 578. The number of halogens is 1. The molecule has 0 unspecified atom stereocenters. The number of hydrogen-bond acceptors (Lipinski definition) is 3. The Labute approximate surface area is 110 Å². The molecule has 1 fully saturated rings. The first-order valence-corrected chi connectivity index (χ1v) is 6.55. The van der Waals surface area contributed by atoms with E-state index in [0.717, 1.165) is 24.1 Å². The Kier molecular flexibility index (Phi) is 3.29. The van der Waals surface area contributed by atoms with Crippen molar-refractivity contribution in [1.29, 1.82) is 0 Å². The summed E-state index contributed by atoms with van der Waals surface area (Å²) in [6.45, 7) is 0.408. The van der Waals surface area contributed by atoms with E-state index in [4.69, 9.17) is 0 Å². The monoisotopic (exact) mass is 261 g/mol. The third-order valence-corrected chi connectivity index (χ3v) is 3.71. The normalized spacial score (nSPS) is 15.5. The van der Waals surface area contributed by atoms with Gasteiger partial charge in [0, 0.05) is 5.92 Å². The van der Waals surface area contributed by atoms with Crippen LogP contribution in [0.4, 0.5) is 4.39 Å². The lowest BCUT2D eigenvalue weighted by Gasteiger charge is -2.26. The molecular weight excluding hydrogens is 245 g/mol. The van der Waals surface area contributed by atoms with Crippen molar-refractivity contribution in [3.8, 4) is 0 Å². The van der Waals surface area contributed by atoms with Gasteiger partial charge >= 0.3 is 0 Å². The van der Waals surface area contributed by atoms with Gasteiger partial charge < -0.3 is 5.11 Å². The van der Waals surface area contributed by atoms with Gasteiger partial charge in [-0.15, -0.1) is 5.10 Å². The first kappa shape index (κ1) is 12.3. The van der Waals surface area contributed by atoms with E-state index in [1.54, 1.807) is 10.7 Å². The molecule has 1 aliphatic carbocycles. The molecule has 0 spiro atoms. The van der Waals surface area contributed by atoms with Crippen LogP contribution in [-0.2, 0) is 13.2 Å². The van der Waals surface area contributed by atoms with E-state index in [-0.39, 0.29) is 12.4 Å². The molecule has 2 aromatic rings. The lowest BCUT2D eigenvalue weighted by molar-refractivity contribution is 0.271. The van der Waals surface area contributed by atoms with Gasteiger partial charge in [-0.1, -0.05) is 23.8 Å². The number of aliphatic hydroxyl groups is 1. The highest BCUT2D eigenvalue weighted by Gasteiger charge is 2.27. The molecule has 0 saturated heterocycles. The molecule has 0 radical (unpaired) electrons. The summed E-state index contributed by atoms with van der Waals surface area (Å²) in [6.07, 6.45) is 3.44. The molecule has 1 aliphatic rings. The maximum absolute atomic E-state index is 13.2. The molecule has 1 aromatic carbocycles. The summed E-state index contributed by atoms with van der Waals surface area (Å²) in [4.78, 5) is 0. The summed E-state index contributed by atoms with van der Waals surface area (Å²) >= 11 is 0. The molecule has 1 saturated carbocycles. The van der Waals surface area contributed by atoms with Gasteiger partial charge in [0.15, 0.2) is 0 Å². The first-order chi connectivity index (χ1) is 9.28. The SMILES string of the molecule is OCc1nnn(Cc2cccc(F)c2)c1C1CCC1. The maximum Gasteiger partial charge on any atom is 0.123 e. The van der Waals surface area contributed by atoms with Gasteiger partial charge in [0.2, 0.25) is 0 Å². The fourth-order valence-corrected chi connectivity index (χ4v) is 2.52. The second-order valence-corrected chi connectivity index (χ2v) is 4.99. The highest BCUT2D eigenvalue weighted by Crippen LogP contribution is 2.37. The summed E-state index contributed by atoms with van der Waals surface area (Å²) in [5.74, 6) is 0.191. The van der Waals surface area contributed by atoms with E-state index in [1.165, 1.54) is 18.6 Å². The molecule has 5 heteroatoms. The van der Waals surface area contributed by atoms with Crippen molar-refractivity contribution in [2.45, 2.75) is 38.3 Å². The predicted molar refractivity (Wildman–Crippen MR) is 68.0 cm³/mol. The van der Waals surface area contributed by atoms with Crippen LogP contribution in [0.1, 0.15) is 42.1 Å². The second kappa shape index (κ2) is 5.09. The van der Waals surface area contributed by atoms with E-state index in [2.05, 4.69) is 10.3 Å². The third-order valence-electron chi connectivity index (χ3n) is 3.71. The van der Waals surface area contributed by atoms with Crippen LogP contribution >= 0.6 is 0 Å². The molecule has 1 heterocycles. The van der Waals surface area contributed by atoms with E-state index < -0.39 is 0 Å². The van der Waals surface area contributed by atoms with Gasteiger partial charge in [-0.05, 0) is 30.5 Å². The van der Waals surface area contributed by atoms with Gasteiger partial charge in [-0.25, -0.2) is 9.07 Å². The van der Waals surface area contributed by atoms with Crippen LogP contribution in [-0.4, -0.2) is 20.1 Å². The molecule has 0 amide bonds. The molecule has 19 heavy (non-hydrogen) atoms. The number of nitrogens with zero attached hydrogens (tertiary/aromatic N) is 3. The molecule has 1 N–H and O–H groups in total. The Hall–Kier alpha value is -1.75. The first-order valence-electron chi connectivity index (χ1n) is 6.55. The molecule has 4 nitrogen and oxygen atoms in total. The van der Waals surface area contributed by atoms with Gasteiger partial charge in [0.25, 0.3) is 0 Å². The number of hydrogen-bond donors (Lipinski definition) is 1. The molecule has 0 atom stereocenters. The summed E-state index contributed by atoms with van der Waals surface area (Å²) in [5, 5.41) is 17.5. The average molecular weight is 261 g/mol. The molecule has 1 aromatic heterocycles. The van der Waals surface area contributed by atoms with Crippen molar-refractivity contribution in [2.75, 3.05) is 0 Å². The summed E-state index contributed by atoms with van der Waals surface area (Å²) in [7, 11) is 0. The molecule has 3 rings (SSSR count). The average Bonchev–Trinajstić information content (AvgIpc) is 2.70. The number of rotatable bonds is 4. The predicted octanol–water partition coefficient (Wildman–Crippen LogP) is 2.23. The fraction of sp³-hybridized carbons (Fsp3) is 0.429. The number of benzene rings is 1. The zero-order chi connectivity index (χ0) is 13.2. The summed E-state index contributed by atoms with van der Waals surface area (Å²) < 4.78 is 15.0. The highest BCUT2D eigenvalue weighted by molar-refractivity contribution is 5.21. The van der Waals surface area contributed by atoms with Crippen LogP contribution in [0, 0.1) is 5.82 Å². The van der Waals surface area contributed by atoms with Crippen LogP contribution in [0.15, 0.2) is 24.3 Å². The van der Waals surface area contributed by atoms with E-state index >= 15 is 0 Å². The minimum absolute atomic E-state index is 0.0883. The highest BCUT2D eigenvalue weighted by atomic mass is 19.1. The van der Waals surface area contributed by atoms with Crippen molar-refractivity contribution in [2.24, 2.45) is 0 Å². The lowest BCUT2D eigenvalue weighted by atomic mass is 9.82. The summed E-state index contributed by atoms with van der Waals surface area (Å²) in [5.41, 5.74) is 2.52. The van der Waals surface area contributed by atoms with Gasteiger partial charge in [0.05, 0.1) is 18.8 Å². The quantitative estimate of drug-likeness (QED) is 0.918. The minimum Gasteiger partial charge on any atom is -0.390 e. The standard InChI is InChI=1S/C14H16FN3O/c15-12-6-1-3-10(7-12)8-18-14(11-4-2-5-11)13(9-19)16-17-18/h1,3,6-7,11,19H,2,4-5,8-9H2. The number of aliphatic hydroxyl groups excluding tert-OH is 1. The Morgan fingerprint density at radius 3 is 2.84 bits per heavy atom. The fourth-order valence-electron chi connectivity index (χ4n) is 2.52. The molecular formula is C14H16FN3O. The Morgan fingerprint density at radius 2 is 2.21 bits per heavy atom. The molecule has 0 aliphatic heterocycles. The Balaban J connectivity index is 1.90. The maximum atomic E-state index is 13.2. The van der Waals surface area contributed by atoms with Gasteiger partial charge in [0.1, 0.15) is 11.5 Å². The summed E-state index contributed by atoms with van der Waals surface area (Å²) in [6, 6.07) is 6.49. The van der Waals surface area contributed by atoms with Crippen LogP contribution in [0.2, 0.25) is 0 Å². The number of aromatic nitrogens is 3. The van der Waals surface area contributed by atoms with Crippen molar-refractivity contribution >= 4 is 0 Å². The Morgan fingerprint density at radius 1 is 1.37 bits per heavy atom. The van der Waals surface area contributed by atoms with Crippen molar-refractivity contribution < 1.29 is 9.50 Å². The van der Waals surface area contributed by atoms with Crippen LogP contribution in [0.5, 0.6) is 0 Å². The largest absolute Gasteiger partial charge is 0.390 e. The zero-order valence-electron chi connectivity index (χ0n) is 10.6. The van der Waals surface area contributed by atoms with E-state index in [9.17, 15) is 9.50 Å². The second-order valence-electron chi connectivity index (χ2n) is 4.99. The van der Waals surface area contributed by atoms with Crippen LogP contribution in [0.25, 0.3) is 0 Å². The minimum atomic E-state index is -0.245. The van der Waals surface area contributed by atoms with Crippen molar-refractivity contribution in [3.63, 3.8) is 0 Å². The topological polar surface area (TPSA) is 50.9 Å². The van der Waals surface area contributed by atoms with Crippen LogP contribution < -0.4 is 0 Å². The van der Waals surface area contributed by atoms with E-state index in [1.807, 2.05) is 6.07 Å². The van der Waals surface area contributed by atoms with Gasteiger partial charge in [-0.2, -0.15) is 0 Å². The van der Waals surface area contributed by atoms with Crippen molar-refractivity contribution in [3.05, 3.63) is 47.0 Å². The molecule has 100 valence electrons. The van der Waals surface area contributed by atoms with Gasteiger partial charge in [-0.3, -0.25) is 0 Å². The van der Waals surface area contributed by atoms with E-state index in [0.29, 0.717) is 18.2 Å². The third kappa shape index (κ3) is 2.38. The van der Waals surface area contributed by atoms with Crippen LogP contribution in [0.3, 0.4) is 0 Å². The smallest absolute Gasteiger partial charge is 0.123 e. The van der Waals surface area contributed by atoms with Crippen molar-refractivity contribution in [1.82, 2.24) is 15.0 Å².